The van der Waals surface area contributed by atoms with E-state index in [2.05, 4.69) is 0 Å². The molecule has 0 radical (unpaired) electrons. The fourth-order valence-corrected chi connectivity index (χ4v) is 6.34. The predicted octanol–water partition coefficient (Wildman–Crippen LogP) is 2.18. The Labute approximate surface area is 194 Å². The van der Waals surface area contributed by atoms with Gasteiger partial charge in [0.05, 0.1) is 29.9 Å². The highest BCUT2D eigenvalue weighted by molar-refractivity contribution is 7.93. The van der Waals surface area contributed by atoms with Crippen LogP contribution in [0.5, 0.6) is 5.75 Å². The minimum atomic E-state index is -4.54. The minimum absolute atomic E-state index is 0.0160. The topological polar surface area (TPSA) is 127 Å². The standard InChI is InChI=1S/C22H20FN3O7S/c1-24(2)17-6-5-16(10-18(17)26(29)30)34(31,32)22-11-20(27)25(22)12-14(21(22)28)8-13-9-15(23)4-7-19(13)33-3/h4-10H,11-12H2,1-3H3. The number of fused-ring (bicyclic) bond motifs is 1. The number of sulfone groups is 1. The number of nitro groups is 1. The van der Waals surface area contributed by atoms with E-state index in [0.29, 0.717) is 0 Å². The predicted molar refractivity (Wildman–Crippen MR) is 120 cm³/mol. The summed E-state index contributed by atoms with van der Waals surface area (Å²) in [5, 5.41) is 11.5. The molecule has 0 spiro atoms. The van der Waals surface area contributed by atoms with E-state index >= 15 is 0 Å². The van der Waals surface area contributed by atoms with Crippen LogP contribution in [0.15, 0.2) is 46.9 Å². The van der Waals surface area contributed by atoms with E-state index in [4.69, 9.17) is 4.74 Å². The maximum absolute atomic E-state index is 13.8. The second-order valence-corrected chi connectivity index (χ2v) is 10.3. The molecule has 12 heteroatoms. The Bertz CT molecular complexity index is 1390. The number of carbonyl (C=O) groups excluding carboxylic acids is 2. The first-order valence-electron chi connectivity index (χ1n) is 10.0. The normalized spacial score (nSPS) is 20.8. The smallest absolute Gasteiger partial charge is 0.293 e. The van der Waals surface area contributed by atoms with Crippen LogP contribution in [0.4, 0.5) is 15.8 Å². The lowest BCUT2D eigenvalue weighted by Crippen LogP contribution is -2.67. The van der Waals surface area contributed by atoms with E-state index in [1.165, 1.54) is 42.4 Å². The SMILES string of the molecule is COc1ccc(F)cc1C=C1CN2C(=O)CC2(S(=O)(=O)c2ccc(N(C)C)c([N+](=O)[O-])c2)C1=O. The minimum Gasteiger partial charge on any atom is -0.496 e. The molecule has 0 aliphatic carbocycles. The first-order valence-corrected chi connectivity index (χ1v) is 11.5. The maximum atomic E-state index is 13.8. The van der Waals surface area contributed by atoms with Crippen molar-refractivity contribution >= 4 is 39.0 Å². The van der Waals surface area contributed by atoms with Crippen LogP contribution in [-0.4, -0.2) is 62.6 Å². The van der Waals surface area contributed by atoms with Gasteiger partial charge in [-0.3, -0.25) is 19.7 Å². The third-order valence-electron chi connectivity index (χ3n) is 6.00. The lowest BCUT2D eigenvalue weighted by molar-refractivity contribution is -0.384. The van der Waals surface area contributed by atoms with Crippen molar-refractivity contribution in [1.82, 2.24) is 4.90 Å². The number of carbonyl (C=O) groups is 2. The molecule has 2 fully saturated rings. The molecule has 1 amide bonds. The van der Waals surface area contributed by atoms with Gasteiger partial charge in [-0.2, -0.15) is 0 Å². The third kappa shape index (κ3) is 3.24. The van der Waals surface area contributed by atoms with Crippen molar-refractivity contribution in [2.24, 2.45) is 0 Å². The quantitative estimate of drug-likeness (QED) is 0.262. The van der Waals surface area contributed by atoms with Crippen LogP contribution in [0.2, 0.25) is 0 Å². The number of β-lactam (4-membered cyclic amide) rings is 1. The highest BCUT2D eigenvalue weighted by atomic mass is 32.2. The van der Waals surface area contributed by atoms with Crippen LogP contribution in [0.25, 0.3) is 6.08 Å². The second-order valence-electron chi connectivity index (χ2n) is 8.13. The van der Waals surface area contributed by atoms with E-state index in [1.807, 2.05) is 0 Å². The molecule has 2 aliphatic rings. The second kappa shape index (κ2) is 7.90. The van der Waals surface area contributed by atoms with Crippen molar-refractivity contribution < 1.29 is 32.1 Å². The van der Waals surface area contributed by atoms with Crippen molar-refractivity contribution in [2.75, 3.05) is 32.6 Å². The fourth-order valence-electron chi connectivity index (χ4n) is 4.29. The number of benzene rings is 2. The van der Waals surface area contributed by atoms with Gasteiger partial charge < -0.3 is 14.5 Å². The molecule has 178 valence electrons. The van der Waals surface area contributed by atoms with Crippen LogP contribution >= 0.6 is 0 Å². The molecule has 34 heavy (non-hydrogen) atoms. The number of nitro benzene ring substituents is 1. The maximum Gasteiger partial charge on any atom is 0.293 e. The molecule has 10 nitrogen and oxygen atoms in total. The van der Waals surface area contributed by atoms with Gasteiger partial charge in [-0.1, -0.05) is 0 Å². The van der Waals surface area contributed by atoms with Crippen LogP contribution in [-0.2, 0) is 19.4 Å². The number of ether oxygens (including phenoxy) is 1. The molecule has 2 aromatic carbocycles. The number of halogens is 1. The molecule has 0 aromatic heterocycles. The zero-order valence-corrected chi connectivity index (χ0v) is 19.3. The monoisotopic (exact) mass is 489 g/mol. The van der Waals surface area contributed by atoms with E-state index in [9.17, 15) is 32.5 Å². The van der Waals surface area contributed by atoms with Gasteiger partial charge in [0.2, 0.25) is 26.4 Å². The zero-order valence-electron chi connectivity index (χ0n) is 18.4. The van der Waals surface area contributed by atoms with Crippen LogP contribution in [0, 0.1) is 15.9 Å². The Balaban J connectivity index is 1.83. The van der Waals surface area contributed by atoms with E-state index in [0.717, 1.165) is 17.0 Å². The Morgan fingerprint density at radius 3 is 2.50 bits per heavy atom. The fraction of sp³-hybridized carbons (Fsp3) is 0.273. The van der Waals surface area contributed by atoms with Crippen molar-refractivity contribution in [3.63, 3.8) is 0 Å². The molecule has 2 aromatic rings. The Morgan fingerprint density at radius 1 is 1.21 bits per heavy atom. The molecule has 2 heterocycles. The van der Waals surface area contributed by atoms with Crippen molar-refractivity contribution in [2.45, 2.75) is 16.2 Å². The van der Waals surface area contributed by atoms with Gasteiger partial charge in [-0.25, -0.2) is 12.8 Å². The van der Waals surface area contributed by atoms with Crippen molar-refractivity contribution in [1.29, 1.82) is 0 Å². The number of hydrogen-bond acceptors (Lipinski definition) is 8. The number of ketones is 1. The Kier molecular flexibility index (Phi) is 5.43. The lowest BCUT2D eigenvalue weighted by atomic mass is 9.99. The summed E-state index contributed by atoms with van der Waals surface area (Å²) in [5.41, 5.74) is -0.0815. The number of methoxy groups -OCH3 is 1. The summed E-state index contributed by atoms with van der Waals surface area (Å²) in [6, 6.07) is 7.01. The molecule has 1 unspecified atom stereocenters. The van der Waals surface area contributed by atoms with Gasteiger partial charge >= 0.3 is 0 Å². The molecule has 1 atom stereocenters. The van der Waals surface area contributed by atoms with Gasteiger partial charge in [-0.05, 0) is 36.4 Å². The molecular formula is C22H20FN3O7S. The van der Waals surface area contributed by atoms with Gasteiger partial charge in [-0.15, -0.1) is 0 Å². The summed E-state index contributed by atoms with van der Waals surface area (Å²) >= 11 is 0. The first kappa shape index (κ1) is 23.4. The molecule has 4 rings (SSSR count). The average Bonchev–Trinajstić information content (AvgIpc) is 3.01. The summed E-state index contributed by atoms with van der Waals surface area (Å²) in [6.45, 7) is -0.297. The summed E-state index contributed by atoms with van der Waals surface area (Å²) in [6.07, 6.45) is 0.708. The molecule has 2 saturated heterocycles. The Hall–Kier alpha value is -3.80. The molecule has 2 aliphatic heterocycles. The van der Waals surface area contributed by atoms with Gasteiger partial charge in [0.1, 0.15) is 17.3 Å². The number of anilines is 1. The zero-order chi connectivity index (χ0) is 25.0. The summed E-state index contributed by atoms with van der Waals surface area (Å²) < 4.78 is 46.2. The largest absolute Gasteiger partial charge is 0.496 e. The van der Waals surface area contributed by atoms with Crippen molar-refractivity contribution in [3.8, 4) is 5.75 Å². The van der Waals surface area contributed by atoms with Crippen LogP contribution in [0.1, 0.15) is 12.0 Å². The number of rotatable bonds is 6. The van der Waals surface area contributed by atoms with Gasteiger partial charge in [0.25, 0.3) is 5.69 Å². The molecular weight excluding hydrogens is 469 g/mol. The van der Waals surface area contributed by atoms with Crippen LogP contribution < -0.4 is 9.64 Å². The summed E-state index contributed by atoms with van der Waals surface area (Å²) in [7, 11) is -0.0456. The van der Waals surface area contributed by atoms with E-state index < -0.39 is 54.1 Å². The highest BCUT2D eigenvalue weighted by Crippen LogP contribution is 2.49. The van der Waals surface area contributed by atoms with Gasteiger partial charge in [0, 0.05) is 31.3 Å². The third-order valence-corrected chi connectivity index (χ3v) is 8.32. The highest BCUT2D eigenvalue weighted by Gasteiger charge is 2.69. The molecule has 0 saturated carbocycles. The van der Waals surface area contributed by atoms with Crippen molar-refractivity contribution in [3.05, 3.63) is 63.5 Å². The lowest BCUT2D eigenvalue weighted by Gasteiger charge is -2.44. The number of hydrogen-bond donors (Lipinski definition) is 0. The summed E-state index contributed by atoms with van der Waals surface area (Å²) in [4.78, 5) is 36.3. The molecule has 0 N–H and O–H groups in total. The van der Waals surface area contributed by atoms with E-state index in [-0.39, 0.29) is 29.1 Å². The van der Waals surface area contributed by atoms with Crippen LogP contribution in [0.3, 0.4) is 0 Å². The van der Waals surface area contributed by atoms with E-state index in [1.54, 1.807) is 14.1 Å². The Morgan fingerprint density at radius 2 is 1.91 bits per heavy atom. The first-order chi connectivity index (χ1) is 15.9. The average molecular weight is 489 g/mol. The van der Waals surface area contributed by atoms with Gasteiger partial charge in [0.15, 0.2) is 0 Å². The molecule has 0 bridgehead atoms. The number of amides is 1. The summed E-state index contributed by atoms with van der Waals surface area (Å²) in [5.74, 6) is -1.72. The number of nitrogens with zero attached hydrogens (tertiary/aromatic N) is 3. The number of Topliss-reactive ketones (excluding diaryl/α,β-unsaturated/α-hetero) is 1.